The van der Waals surface area contributed by atoms with Gasteiger partial charge in [0.25, 0.3) is 0 Å². The number of carbonyl (C=O) groups excluding carboxylic acids is 1. The highest BCUT2D eigenvalue weighted by molar-refractivity contribution is 5.75. The van der Waals surface area contributed by atoms with Crippen molar-refractivity contribution in [3.8, 4) is 0 Å². The average Bonchev–Trinajstić information content (AvgIpc) is 2.72. The summed E-state index contributed by atoms with van der Waals surface area (Å²) < 4.78 is 1.57. The zero-order chi connectivity index (χ0) is 13.9. The summed E-state index contributed by atoms with van der Waals surface area (Å²) in [4.78, 5) is 14.2. The summed E-state index contributed by atoms with van der Waals surface area (Å²) >= 11 is 0. The van der Waals surface area contributed by atoms with Crippen LogP contribution in [0.3, 0.4) is 0 Å². The zero-order valence-electron chi connectivity index (χ0n) is 11.8. The Labute approximate surface area is 113 Å². The highest BCUT2D eigenvalue weighted by Crippen LogP contribution is 2.29. The van der Waals surface area contributed by atoms with E-state index in [1.807, 2.05) is 4.90 Å². The molecule has 0 bridgehead atoms. The molecule has 1 aliphatic heterocycles. The van der Waals surface area contributed by atoms with E-state index < -0.39 is 0 Å². The lowest BCUT2D eigenvalue weighted by atomic mass is 9.85. The van der Waals surface area contributed by atoms with Gasteiger partial charge in [-0.15, -0.1) is 5.10 Å². The van der Waals surface area contributed by atoms with Crippen molar-refractivity contribution in [3.63, 3.8) is 0 Å². The number of nitrogens with two attached hydrogens (primary N) is 1. The normalized spacial score (nSPS) is 19.2. The summed E-state index contributed by atoms with van der Waals surface area (Å²) in [6, 6.07) is 0. The molecule has 6 nitrogen and oxygen atoms in total. The Morgan fingerprint density at radius 2 is 2.21 bits per heavy atom. The first-order chi connectivity index (χ1) is 9.00. The minimum absolute atomic E-state index is 0.117. The molecule has 0 radical (unpaired) electrons. The van der Waals surface area contributed by atoms with Gasteiger partial charge in [0, 0.05) is 19.6 Å². The molecule has 0 aromatic carbocycles. The van der Waals surface area contributed by atoms with Crippen molar-refractivity contribution in [2.24, 2.45) is 11.1 Å². The smallest absolute Gasteiger partial charge is 0.244 e. The molecule has 0 unspecified atom stereocenters. The van der Waals surface area contributed by atoms with Gasteiger partial charge < -0.3 is 10.6 Å². The molecule has 1 amide bonds. The Hall–Kier alpha value is -1.43. The number of carbonyl (C=O) groups is 1. The lowest BCUT2D eigenvalue weighted by Gasteiger charge is -2.23. The molecular formula is C13H23N5O. The number of hydrogen-bond donors (Lipinski definition) is 1. The third-order valence-electron chi connectivity index (χ3n) is 3.79. The van der Waals surface area contributed by atoms with Crippen LogP contribution in [-0.4, -0.2) is 38.9 Å². The van der Waals surface area contributed by atoms with Crippen molar-refractivity contribution < 1.29 is 4.79 Å². The Morgan fingerprint density at radius 1 is 1.42 bits per heavy atom. The fraction of sp³-hybridized carbons (Fsp3) is 0.769. The van der Waals surface area contributed by atoms with Crippen LogP contribution in [0.25, 0.3) is 0 Å². The molecule has 1 saturated heterocycles. The molecular weight excluding hydrogens is 242 g/mol. The molecule has 0 atom stereocenters. The van der Waals surface area contributed by atoms with Crippen LogP contribution in [0.5, 0.6) is 0 Å². The fourth-order valence-corrected chi connectivity index (χ4v) is 2.42. The van der Waals surface area contributed by atoms with E-state index in [1.165, 1.54) is 6.42 Å². The van der Waals surface area contributed by atoms with Gasteiger partial charge in [0.1, 0.15) is 6.54 Å². The monoisotopic (exact) mass is 265 g/mol. The van der Waals surface area contributed by atoms with Gasteiger partial charge in [0.15, 0.2) is 0 Å². The first-order valence-corrected chi connectivity index (χ1v) is 6.87. The maximum atomic E-state index is 12.2. The van der Waals surface area contributed by atoms with E-state index in [9.17, 15) is 4.79 Å². The molecule has 6 heteroatoms. The van der Waals surface area contributed by atoms with Gasteiger partial charge >= 0.3 is 0 Å². The first kappa shape index (κ1) is 14.0. The van der Waals surface area contributed by atoms with Gasteiger partial charge in [0.05, 0.1) is 11.9 Å². The fourth-order valence-electron chi connectivity index (χ4n) is 2.42. The van der Waals surface area contributed by atoms with Crippen molar-refractivity contribution >= 4 is 5.91 Å². The summed E-state index contributed by atoms with van der Waals surface area (Å²) in [7, 11) is 0. The maximum Gasteiger partial charge on any atom is 0.244 e. The zero-order valence-corrected chi connectivity index (χ0v) is 11.8. The van der Waals surface area contributed by atoms with Crippen LogP contribution >= 0.6 is 0 Å². The van der Waals surface area contributed by atoms with Crippen LogP contribution in [-0.2, 0) is 17.9 Å². The Bertz CT molecular complexity index is 440. The molecule has 1 fully saturated rings. The number of nitrogens with zero attached hydrogens (tertiary/aromatic N) is 4. The highest BCUT2D eigenvalue weighted by atomic mass is 16.2. The van der Waals surface area contributed by atoms with Crippen molar-refractivity contribution in [1.82, 2.24) is 19.9 Å². The summed E-state index contributed by atoms with van der Waals surface area (Å²) in [5, 5.41) is 7.80. The predicted octanol–water partition coefficient (Wildman–Crippen LogP) is 0.776. The third-order valence-corrected chi connectivity index (χ3v) is 3.79. The second kappa shape index (κ2) is 5.69. The van der Waals surface area contributed by atoms with Gasteiger partial charge in [-0.3, -0.25) is 4.79 Å². The maximum absolute atomic E-state index is 12.2. The molecule has 1 aromatic heterocycles. The van der Waals surface area contributed by atoms with Crippen molar-refractivity contribution in [3.05, 3.63) is 11.9 Å². The molecule has 19 heavy (non-hydrogen) atoms. The highest BCUT2D eigenvalue weighted by Gasteiger charge is 2.25. The SMILES string of the molecule is CC1(C)CCCN(C(=O)Cn2cc(CN)nn2)CC1. The van der Waals surface area contributed by atoms with Crippen molar-refractivity contribution in [1.29, 1.82) is 0 Å². The van der Waals surface area contributed by atoms with E-state index in [4.69, 9.17) is 5.73 Å². The molecule has 2 rings (SSSR count). The summed E-state index contributed by atoms with van der Waals surface area (Å²) in [6.07, 6.45) is 5.05. The number of aromatic nitrogens is 3. The molecule has 2 N–H and O–H groups in total. The topological polar surface area (TPSA) is 77.0 Å². The van der Waals surface area contributed by atoms with E-state index in [1.54, 1.807) is 10.9 Å². The largest absolute Gasteiger partial charge is 0.341 e. The van der Waals surface area contributed by atoms with Crippen LogP contribution in [0.4, 0.5) is 0 Å². The van der Waals surface area contributed by atoms with Crippen molar-refractivity contribution in [2.75, 3.05) is 13.1 Å². The summed E-state index contributed by atoms with van der Waals surface area (Å²) in [5.41, 5.74) is 6.53. The van der Waals surface area contributed by atoms with Gasteiger partial charge in [0.2, 0.25) is 5.91 Å². The third kappa shape index (κ3) is 3.76. The van der Waals surface area contributed by atoms with Crippen LogP contribution in [0, 0.1) is 5.41 Å². The summed E-state index contributed by atoms with van der Waals surface area (Å²) in [5.74, 6) is 0.117. The first-order valence-electron chi connectivity index (χ1n) is 6.87. The van der Waals surface area contributed by atoms with E-state index >= 15 is 0 Å². The van der Waals surface area contributed by atoms with Crippen LogP contribution in [0.1, 0.15) is 38.8 Å². The van der Waals surface area contributed by atoms with Gasteiger partial charge in [-0.05, 0) is 24.7 Å². The Morgan fingerprint density at radius 3 is 2.89 bits per heavy atom. The molecule has 2 heterocycles. The Balaban J connectivity index is 1.92. The van der Waals surface area contributed by atoms with E-state index in [0.717, 1.165) is 25.9 Å². The van der Waals surface area contributed by atoms with Crippen molar-refractivity contribution in [2.45, 2.75) is 46.2 Å². The van der Waals surface area contributed by atoms with E-state index in [2.05, 4.69) is 24.2 Å². The molecule has 1 aromatic rings. The Kier molecular flexibility index (Phi) is 4.19. The van der Waals surface area contributed by atoms with Gasteiger partial charge in [-0.25, -0.2) is 4.68 Å². The number of amides is 1. The number of likely N-dealkylation sites (tertiary alicyclic amines) is 1. The van der Waals surface area contributed by atoms with Crippen LogP contribution in [0.15, 0.2) is 6.20 Å². The lowest BCUT2D eigenvalue weighted by Crippen LogP contribution is -2.35. The molecule has 0 spiro atoms. The lowest BCUT2D eigenvalue weighted by molar-refractivity contribution is -0.132. The second-order valence-electron chi connectivity index (χ2n) is 6.01. The number of hydrogen-bond acceptors (Lipinski definition) is 4. The number of rotatable bonds is 3. The molecule has 0 aliphatic carbocycles. The molecule has 106 valence electrons. The van der Waals surface area contributed by atoms with E-state index in [0.29, 0.717) is 17.7 Å². The predicted molar refractivity (Wildman–Crippen MR) is 72.1 cm³/mol. The van der Waals surface area contributed by atoms with E-state index in [-0.39, 0.29) is 12.5 Å². The molecule has 0 saturated carbocycles. The standard InChI is InChI=1S/C13H23N5O/c1-13(2)4-3-6-17(7-5-13)12(19)10-18-9-11(8-14)15-16-18/h9H,3-8,10,14H2,1-2H3. The quantitative estimate of drug-likeness (QED) is 0.876. The van der Waals surface area contributed by atoms with Crippen LogP contribution in [0.2, 0.25) is 0 Å². The minimum Gasteiger partial charge on any atom is -0.341 e. The average molecular weight is 265 g/mol. The minimum atomic E-state index is 0.117. The molecule has 1 aliphatic rings. The van der Waals surface area contributed by atoms with Gasteiger partial charge in [-0.2, -0.15) is 0 Å². The van der Waals surface area contributed by atoms with Crippen LogP contribution < -0.4 is 5.73 Å². The van der Waals surface area contributed by atoms with Gasteiger partial charge in [-0.1, -0.05) is 19.1 Å². The second-order valence-corrected chi connectivity index (χ2v) is 6.01. The summed E-state index contributed by atoms with van der Waals surface area (Å²) in [6.45, 7) is 6.84.